The second-order valence-corrected chi connectivity index (χ2v) is 4.41. The standard InChI is InChI=1S/C10H13BrN2O2/c1-2-15-10(14)7-4-3-5-9-12-6-8(11)13(7)9/h3-5,7-8,12H,2,6H2,1H3/t7-,8-/m0/s1. The third-order valence-corrected chi connectivity index (χ3v) is 3.17. The third-order valence-electron chi connectivity index (χ3n) is 2.41. The molecule has 2 atom stereocenters. The number of halogens is 1. The molecule has 2 aliphatic heterocycles. The van der Waals surface area contributed by atoms with E-state index in [1.54, 1.807) is 0 Å². The van der Waals surface area contributed by atoms with Crippen molar-refractivity contribution < 1.29 is 9.53 Å². The van der Waals surface area contributed by atoms with Crippen molar-refractivity contribution in [2.24, 2.45) is 0 Å². The largest absolute Gasteiger partial charge is 0.464 e. The number of fused-ring (bicyclic) bond motifs is 1. The fourth-order valence-electron chi connectivity index (χ4n) is 1.76. The molecule has 0 aromatic carbocycles. The van der Waals surface area contributed by atoms with Crippen LogP contribution in [0.2, 0.25) is 0 Å². The molecule has 0 aliphatic carbocycles. The highest BCUT2D eigenvalue weighted by atomic mass is 79.9. The molecule has 2 heterocycles. The van der Waals surface area contributed by atoms with Crippen LogP contribution < -0.4 is 5.32 Å². The minimum atomic E-state index is -0.315. The van der Waals surface area contributed by atoms with E-state index in [9.17, 15) is 4.79 Å². The number of nitrogens with one attached hydrogen (secondary N) is 1. The number of carbonyl (C=O) groups excluding carboxylic acids is 1. The maximum absolute atomic E-state index is 11.7. The van der Waals surface area contributed by atoms with Crippen molar-refractivity contribution in [3.05, 3.63) is 24.0 Å². The summed E-state index contributed by atoms with van der Waals surface area (Å²) in [5.41, 5.74) is 0. The van der Waals surface area contributed by atoms with Gasteiger partial charge < -0.3 is 15.0 Å². The van der Waals surface area contributed by atoms with Gasteiger partial charge in [-0.25, -0.2) is 4.79 Å². The van der Waals surface area contributed by atoms with Crippen LogP contribution in [-0.2, 0) is 9.53 Å². The molecule has 2 aliphatic rings. The van der Waals surface area contributed by atoms with Crippen LogP contribution in [0.3, 0.4) is 0 Å². The lowest BCUT2D eigenvalue weighted by Crippen LogP contribution is -2.42. The van der Waals surface area contributed by atoms with Crippen LogP contribution in [0.15, 0.2) is 24.0 Å². The van der Waals surface area contributed by atoms with Crippen molar-refractivity contribution in [1.82, 2.24) is 10.2 Å². The van der Waals surface area contributed by atoms with E-state index in [0.29, 0.717) is 6.61 Å². The molecule has 1 fully saturated rings. The number of esters is 1. The molecule has 2 rings (SSSR count). The zero-order valence-corrected chi connectivity index (χ0v) is 10.0. The first-order valence-corrected chi connectivity index (χ1v) is 5.87. The van der Waals surface area contributed by atoms with Crippen molar-refractivity contribution in [1.29, 1.82) is 0 Å². The molecule has 0 unspecified atom stereocenters. The van der Waals surface area contributed by atoms with E-state index in [4.69, 9.17) is 4.74 Å². The Kier molecular flexibility index (Phi) is 3.00. The first kappa shape index (κ1) is 10.5. The van der Waals surface area contributed by atoms with Crippen molar-refractivity contribution in [3.8, 4) is 0 Å². The summed E-state index contributed by atoms with van der Waals surface area (Å²) in [7, 11) is 0. The molecule has 1 saturated heterocycles. The summed E-state index contributed by atoms with van der Waals surface area (Å²) in [6.07, 6.45) is 5.69. The number of allylic oxidation sites excluding steroid dienone is 2. The second kappa shape index (κ2) is 4.26. The van der Waals surface area contributed by atoms with Gasteiger partial charge in [0.15, 0.2) is 0 Å². The maximum Gasteiger partial charge on any atom is 0.332 e. The Balaban J connectivity index is 2.16. The second-order valence-electron chi connectivity index (χ2n) is 3.36. The fourth-order valence-corrected chi connectivity index (χ4v) is 2.40. The summed E-state index contributed by atoms with van der Waals surface area (Å²) >= 11 is 3.52. The van der Waals surface area contributed by atoms with Gasteiger partial charge in [0.1, 0.15) is 16.8 Å². The Bertz CT molecular complexity index is 327. The van der Waals surface area contributed by atoms with Crippen LogP contribution >= 0.6 is 15.9 Å². The van der Waals surface area contributed by atoms with E-state index in [2.05, 4.69) is 21.2 Å². The number of hydrogen-bond donors (Lipinski definition) is 1. The fraction of sp³-hybridized carbons (Fsp3) is 0.500. The van der Waals surface area contributed by atoms with Crippen LogP contribution in [0, 0.1) is 0 Å². The monoisotopic (exact) mass is 272 g/mol. The van der Waals surface area contributed by atoms with E-state index in [1.807, 2.05) is 30.1 Å². The molecule has 0 spiro atoms. The Morgan fingerprint density at radius 1 is 1.80 bits per heavy atom. The maximum atomic E-state index is 11.7. The van der Waals surface area contributed by atoms with Crippen molar-refractivity contribution in [3.63, 3.8) is 0 Å². The summed E-state index contributed by atoms with van der Waals surface area (Å²) < 4.78 is 5.03. The van der Waals surface area contributed by atoms with Gasteiger partial charge in [-0.2, -0.15) is 0 Å². The smallest absolute Gasteiger partial charge is 0.332 e. The normalized spacial score (nSPS) is 28.1. The topological polar surface area (TPSA) is 41.6 Å². The third kappa shape index (κ3) is 1.88. The average Bonchev–Trinajstić information content (AvgIpc) is 2.61. The number of rotatable bonds is 2. The summed E-state index contributed by atoms with van der Waals surface area (Å²) in [5.74, 6) is 0.768. The quantitative estimate of drug-likeness (QED) is 0.462. The predicted molar refractivity (Wildman–Crippen MR) is 60.2 cm³/mol. The molecular formula is C10H13BrN2O2. The number of nitrogens with zero attached hydrogens (tertiary/aromatic N) is 1. The van der Waals surface area contributed by atoms with Crippen molar-refractivity contribution in [2.45, 2.75) is 17.9 Å². The van der Waals surface area contributed by atoms with E-state index in [-0.39, 0.29) is 17.0 Å². The lowest BCUT2D eigenvalue weighted by atomic mass is 10.2. The van der Waals surface area contributed by atoms with Gasteiger partial charge in [-0.3, -0.25) is 0 Å². The van der Waals surface area contributed by atoms with Crippen molar-refractivity contribution >= 4 is 21.9 Å². The van der Waals surface area contributed by atoms with E-state index >= 15 is 0 Å². The Hall–Kier alpha value is -0.970. The molecule has 82 valence electrons. The van der Waals surface area contributed by atoms with Gasteiger partial charge in [0, 0.05) is 6.54 Å². The molecule has 0 radical (unpaired) electrons. The highest BCUT2D eigenvalue weighted by Gasteiger charge is 2.36. The first-order chi connectivity index (χ1) is 7.24. The number of hydrogen-bond acceptors (Lipinski definition) is 4. The minimum absolute atomic E-state index is 0.142. The molecule has 0 aromatic heterocycles. The van der Waals surface area contributed by atoms with Gasteiger partial charge in [-0.1, -0.05) is 28.1 Å². The molecule has 1 N–H and O–H groups in total. The predicted octanol–water partition coefficient (Wildman–Crippen LogP) is 0.956. The Morgan fingerprint density at radius 3 is 3.33 bits per heavy atom. The molecule has 5 heteroatoms. The van der Waals surface area contributed by atoms with Crippen LogP contribution in [-0.4, -0.2) is 35.0 Å². The molecule has 15 heavy (non-hydrogen) atoms. The van der Waals surface area contributed by atoms with Gasteiger partial charge in [0.25, 0.3) is 0 Å². The van der Waals surface area contributed by atoms with Gasteiger partial charge in [0.05, 0.1) is 6.61 Å². The van der Waals surface area contributed by atoms with Crippen LogP contribution in [0.1, 0.15) is 6.92 Å². The minimum Gasteiger partial charge on any atom is -0.464 e. The zero-order chi connectivity index (χ0) is 10.8. The highest BCUT2D eigenvalue weighted by Crippen LogP contribution is 2.26. The number of carbonyl (C=O) groups is 1. The van der Waals surface area contributed by atoms with E-state index in [0.717, 1.165) is 12.4 Å². The lowest BCUT2D eigenvalue weighted by Gasteiger charge is -2.30. The molecule has 4 nitrogen and oxygen atoms in total. The molecular weight excluding hydrogens is 260 g/mol. The number of ether oxygens (including phenoxy) is 1. The molecule has 0 bridgehead atoms. The SMILES string of the molecule is CCOC(=O)[C@@H]1C=CC=C2NC[C@@H](Br)N21. The van der Waals surface area contributed by atoms with E-state index in [1.165, 1.54) is 0 Å². The lowest BCUT2D eigenvalue weighted by molar-refractivity contribution is -0.146. The average molecular weight is 273 g/mol. The van der Waals surface area contributed by atoms with Crippen LogP contribution in [0.25, 0.3) is 0 Å². The Morgan fingerprint density at radius 2 is 2.60 bits per heavy atom. The van der Waals surface area contributed by atoms with E-state index < -0.39 is 0 Å². The van der Waals surface area contributed by atoms with Gasteiger partial charge in [0.2, 0.25) is 0 Å². The summed E-state index contributed by atoms with van der Waals surface area (Å²) in [5, 5.41) is 3.22. The summed E-state index contributed by atoms with van der Waals surface area (Å²) in [6.45, 7) is 3.02. The summed E-state index contributed by atoms with van der Waals surface area (Å²) in [6, 6.07) is -0.315. The first-order valence-electron chi connectivity index (χ1n) is 4.95. The van der Waals surface area contributed by atoms with Gasteiger partial charge in [-0.05, 0) is 13.0 Å². The molecule has 0 amide bonds. The van der Waals surface area contributed by atoms with Crippen LogP contribution in [0.4, 0.5) is 0 Å². The summed E-state index contributed by atoms with van der Waals surface area (Å²) in [4.78, 5) is 13.8. The van der Waals surface area contributed by atoms with Crippen molar-refractivity contribution in [2.75, 3.05) is 13.2 Å². The number of alkyl halides is 1. The highest BCUT2D eigenvalue weighted by molar-refractivity contribution is 9.09. The molecule has 0 aromatic rings. The molecule has 0 saturated carbocycles. The Labute approximate surface area is 97.1 Å². The van der Waals surface area contributed by atoms with Crippen LogP contribution in [0.5, 0.6) is 0 Å². The van der Waals surface area contributed by atoms with Gasteiger partial charge in [-0.15, -0.1) is 0 Å². The van der Waals surface area contributed by atoms with Gasteiger partial charge >= 0.3 is 5.97 Å². The zero-order valence-electron chi connectivity index (χ0n) is 8.44.